The van der Waals surface area contributed by atoms with Crippen LogP contribution >= 0.6 is 0 Å². The number of aryl methyl sites for hydroxylation is 1. The summed E-state index contributed by atoms with van der Waals surface area (Å²) in [5.41, 5.74) is -12.2. The predicted octanol–water partition coefficient (Wildman–Crippen LogP) is 15.7. The molecule has 82 heavy (non-hydrogen) atoms. The number of unbranched alkanes of at least 4 members (excludes halogenated alkanes) is 15. The van der Waals surface area contributed by atoms with E-state index >= 15 is 35.1 Å². The Morgan fingerprint density at radius 1 is 0.341 bits per heavy atom. The third kappa shape index (κ3) is 13.0. The fourth-order valence-corrected chi connectivity index (χ4v) is 10.3. The van der Waals surface area contributed by atoms with Crippen molar-refractivity contribution < 1.29 is 97.2 Å². The molecular formula is C59H50BF20NO. The second-order valence-electron chi connectivity index (χ2n) is 19.6. The van der Waals surface area contributed by atoms with Gasteiger partial charge in [0.05, 0.1) is 0 Å². The first-order chi connectivity index (χ1) is 39.0. The number of nitrogens with zero attached hydrogens (tertiary/aromatic N) is 1. The van der Waals surface area contributed by atoms with Crippen LogP contribution in [0.2, 0.25) is 0 Å². The molecule has 0 amide bonds. The van der Waals surface area contributed by atoms with E-state index in [1.165, 1.54) is 119 Å². The van der Waals surface area contributed by atoms with Crippen LogP contribution in [0.4, 0.5) is 87.8 Å². The molecule has 7 rings (SSSR count). The fourth-order valence-electron chi connectivity index (χ4n) is 10.3. The maximum atomic E-state index is 15.4. The number of aromatic nitrogens is 1. The molecular weight excluding hydrogens is 1130 g/mol. The average Bonchev–Trinajstić information content (AvgIpc) is 2.46. The minimum absolute atomic E-state index is 0.175. The molecule has 0 unspecified atom stereocenters. The Labute approximate surface area is 457 Å². The molecule has 0 aliphatic carbocycles. The van der Waals surface area contributed by atoms with Crippen molar-refractivity contribution in [1.29, 1.82) is 0 Å². The van der Waals surface area contributed by atoms with Gasteiger partial charge in [-0.1, -0.05) is 152 Å². The number of pyridine rings is 1. The zero-order chi connectivity index (χ0) is 60.3. The van der Waals surface area contributed by atoms with Gasteiger partial charge in [-0.25, -0.2) is 87.8 Å². The Bertz CT molecular complexity index is 3050. The molecule has 23 heteroatoms. The van der Waals surface area contributed by atoms with E-state index in [1.807, 2.05) is 30.3 Å². The third-order valence-electron chi connectivity index (χ3n) is 14.4. The highest BCUT2D eigenvalue weighted by atomic mass is 19.2. The first-order valence-electron chi connectivity index (χ1n) is 26.2. The van der Waals surface area contributed by atoms with Gasteiger partial charge in [0.25, 0.3) is 0 Å². The SMILES string of the molecule is CCCCCCCCCCCCCCCCCCc1c2ccccc2cc[n+]1CC(=O)c1ccccc1.Fc1c(F)c(F)c([B-](c2c(F)c(F)c(F)c(F)c2F)(c2c(F)c(F)c(F)c(F)c2F)c2c(F)c(F)c(F)c(F)c2F)c(F)c1F. The Hall–Kier alpha value is -6.94. The highest BCUT2D eigenvalue weighted by Gasteiger charge is 2.52. The zero-order valence-electron chi connectivity index (χ0n) is 43.6. The summed E-state index contributed by atoms with van der Waals surface area (Å²) in [6, 6.07) is 20.4. The molecule has 0 atom stereocenters. The molecule has 0 radical (unpaired) electrons. The number of fused-ring (bicyclic) bond motifs is 1. The van der Waals surface area contributed by atoms with Crippen molar-refractivity contribution in [2.75, 3.05) is 0 Å². The molecule has 6 aromatic carbocycles. The van der Waals surface area contributed by atoms with Crippen LogP contribution < -0.4 is 26.4 Å². The fraction of sp³-hybridized carbons (Fsp3) is 0.322. The van der Waals surface area contributed by atoms with Gasteiger partial charge in [0.2, 0.25) is 12.3 Å². The van der Waals surface area contributed by atoms with Gasteiger partial charge in [-0.2, -0.15) is 4.57 Å². The molecule has 2 nitrogen and oxygen atoms in total. The van der Waals surface area contributed by atoms with Crippen LogP contribution in [0.25, 0.3) is 10.8 Å². The van der Waals surface area contributed by atoms with E-state index in [0.29, 0.717) is 6.54 Å². The standard InChI is InChI=1S/C35H50NO.C24BF20/c1-2-3-4-5-6-7-8-9-10-11-12-13-14-15-16-20-27-34-33-26-22-21-23-31(33)28-29-36(34)30-35(37)32-24-18-17-19-25-32;26-5-1(6(27)14(35)21(42)13(5)34)25(2-7(28)15(36)22(43)16(37)8(2)29,3-9(30)17(38)23(44)18(39)10(3)31)4-11(32)19(40)24(45)20(41)12(4)33/h17-19,21-26,28-29H,2-16,20,27,30H2,1H3;/q+1;-1. The monoisotopic (exact) mass is 1180 g/mol. The molecule has 0 saturated carbocycles. The van der Waals surface area contributed by atoms with E-state index < -0.39 is 144 Å². The van der Waals surface area contributed by atoms with Crippen molar-refractivity contribution in [2.45, 2.75) is 123 Å². The lowest BCUT2D eigenvalue weighted by molar-refractivity contribution is -0.689. The van der Waals surface area contributed by atoms with Gasteiger partial charge in [-0.15, -0.1) is 21.9 Å². The second kappa shape index (κ2) is 28.4. The van der Waals surface area contributed by atoms with Crippen molar-refractivity contribution in [3.05, 3.63) is 194 Å². The Kier molecular flexibility index (Phi) is 22.2. The summed E-state index contributed by atoms with van der Waals surface area (Å²) in [4.78, 5) is 12.9. The highest BCUT2D eigenvalue weighted by molar-refractivity contribution is 7.20. The number of rotatable bonds is 24. The molecule has 0 N–H and O–H groups in total. The van der Waals surface area contributed by atoms with Gasteiger partial charge in [0.15, 0.2) is 81.7 Å². The van der Waals surface area contributed by atoms with E-state index in [4.69, 9.17) is 0 Å². The molecule has 0 spiro atoms. The van der Waals surface area contributed by atoms with E-state index in [9.17, 15) is 57.5 Å². The van der Waals surface area contributed by atoms with Crippen LogP contribution in [0, 0.1) is 116 Å². The minimum atomic E-state index is -7.22. The first kappa shape index (κ1) is 64.2. The van der Waals surface area contributed by atoms with Gasteiger partial charge >= 0.3 is 0 Å². The summed E-state index contributed by atoms with van der Waals surface area (Å²) in [6.07, 6.45) is 18.1. The van der Waals surface area contributed by atoms with Gasteiger partial charge in [0, 0.05) is 23.4 Å². The van der Waals surface area contributed by atoms with Gasteiger partial charge < -0.3 is 0 Å². The lowest BCUT2D eigenvalue weighted by Crippen LogP contribution is -2.81. The number of hydrogen-bond donors (Lipinski definition) is 0. The number of benzene rings is 6. The number of carbonyl (C=O) groups is 1. The van der Waals surface area contributed by atoms with Crippen LogP contribution in [-0.4, -0.2) is 11.9 Å². The summed E-state index contributed by atoms with van der Waals surface area (Å²) >= 11 is 0. The minimum Gasteiger partial charge on any atom is -0.287 e. The predicted molar refractivity (Wildman–Crippen MR) is 267 cm³/mol. The van der Waals surface area contributed by atoms with Crippen molar-refractivity contribution in [2.24, 2.45) is 0 Å². The van der Waals surface area contributed by atoms with Crippen molar-refractivity contribution in [3.8, 4) is 0 Å². The van der Waals surface area contributed by atoms with Crippen LogP contribution in [-0.2, 0) is 13.0 Å². The summed E-state index contributed by atoms with van der Waals surface area (Å²) in [5.74, 6) is -71.2. The molecule has 1 aromatic heterocycles. The van der Waals surface area contributed by atoms with E-state index in [0.717, 1.165) is 12.0 Å². The van der Waals surface area contributed by atoms with Crippen molar-refractivity contribution in [3.63, 3.8) is 0 Å². The highest BCUT2D eigenvalue weighted by Crippen LogP contribution is 2.31. The molecule has 0 saturated heterocycles. The smallest absolute Gasteiger partial charge is 0.227 e. The maximum absolute atomic E-state index is 15.4. The van der Waals surface area contributed by atoms with E-state index in [2.05, 4.69) is 48.0 Å². The summed E-state index contributed by atoms with van der Waals surface area (Å²) in [5, 5.41) is 2.55. The van der Waals surface area contributed by atoms with Crippen molar-refractivity contribution in [1.82, 2.24) is 0 Å². The molecule has 0 fully saturated rings. The number of hydrogen-bond acceptors (Lipinski definition) is 1. The zero-order valence-corrected chi connectivity index (χ0v) is 43.6. The maximum Gasteiger partial charge on any atom is 0.227 e. The number of Topliss-reactive ketones (excluding diaryl/α,β-unsaturated/α-hetero) is 1. The Morgan fingerprint density at radius 3 is 0.951 bits per heavy atom. The second-order valence-corrected chi connectivity index (χ2v) is 19.6. The van der Waals surface area contributed by atoms with Crippen LogP contribution in [0.3, 0.4) is 0 Å². The van der Waals surface area contributed by atoms with Crippen LogP contribution in [0.5, 0.6) is 0 Å². The number of halogens is 20. The topological polar surface area (TPSA) is 20.9 Å². The quantitative estimate of drug-likeness (QED) is 0.0112. The molecule has 0 aliphatic rings. The Morgan fingerprint density at radius 2 is 0.622 bits per heavy atom. The third-order valence-corrected chi connectivity index (χ3v) is 14.4. The Balaban J connectivity index is 0.000000269. The molecule has 0 bridgehead atoms. The summed E-state index contributed by atoms with van der Waals surface area (Å²) in [7, 11) is 0. The van der Waals surface area contributed by atoms with Gasteiger partial charge in [0.1, 0.15) is 52.7 Å². The number of carbonyl (C=O) groups excluding carboxylic acids is 1. The molecule has 440 valence electrons. The average molecular weight is 1180 g/mol. The molecule has 7 aromatic rings. The summed E-state index contributed by atoms with van der Waals surface area (Å²) < 4.78 is 296. The summed E-state index contributed by atoms with van der Waals surface area (Å²) in [6.45, 7) is 2.70. The van der Waals surface area contributed by atoms with Gasteiger partial charge in [-0.05, 0) is 17.9 Å². The molecule has 0 aliphatic heterocycles. The lowest BCUT2D eigenvalue weighted by Gasteiger charge is -2.44. The lowest BCUT2D eigenvalue weighted by atomic mass is 9.12. The molecule has 1 heterocycles. The van der Waals surface area contributed by atoms with Crippen LogP contribution in [0.1, 0.15) is 126 Å². The first-order valence-corrected chi connectivity index (χ1v) is 26.2. The van der Waals surface area contributed by atoms with Crippen molar-refractivity contribution >= 4 is 44.6 Å². The van der Waals surface area contributed by atoms with E-state index in [1.54, 1.807) is 0 Å². The van der Waals surface area contributed by atoms with Gasteiger partial charge in [-0.3, -0.25) is 4.79 Å². The number of ketones is 1. The van der Waals surface area contributed by atoms with Crippen LogP contribution in [0.15, 0.2) is 66.9 Å². The largest absolute Gasteiger partial charge is 0.287 e. The van der Waals surface area contributed by atoms with E-state index in [-0.39, 0.29) is 5.78 Å². The normalized spacial score (nSPS) is 11.7.